The molecule has 3 unspecified atom stereocenters. The quantitative estimate of drug-likeness (QED) is 0.279. The second kappa shape index (κ2) is 9.09. The fourth-order valence-corrected chi connectivity index (χ4v) is 5.05. The van der Waals surface area contributed by atoms with E-state index >= 15 is 0 Å². The van der Waals surface area contributed by atoms with Gasteiger partial charge in [-0.05, 0) is 36.2 Å². The molecule has 4 rings (SSSR count). The van der Waals surface area contributed by atoms with Gasteiger partial charge in [0.25, 0.3) is 5.69 Å². The van der Waals surface area contributed by atoms with Gasteiger partial charge in [-0.2, -0.15) is 0 Å². The molecule has 1 fully saturated rings. The number of nitro groups is 1. The first-order chi connectivity index (χ1) is 15.4. The maximum atomic E-state index is 13.0. The number of hydrogen-bond acceptors (Lipinski definition) is 8. The van der Waals surface area contributed by atoms with Crippen LogP contribution in [0.1, 0.15) is 24.5 Å². The van der Waals surface area contributed by atoms with Crippen LogP contribution in [0.15, 0.2) is 59.4 Å². The molecule has 0 saturated carbocycles. The van der Waals surface area contributed by atoms with Gasteiger partial charge in [0.15, 0.2) is 0 Å². The van der Waals surface area contributed by atoms with E-state index in [2.05, 4.69) is 4.98 Å². The number of aromatic nitrogens is 1. The minimum atomic E-state index is -0.802. The normalized spacial score (nSPS) is 20.6. The Hall–Kier alpha value is -3.24. The molecule has 32 heavy (non-hydrogen) atoms. The topological polar surface area (TPSA) is 123 Å². The predicted octanol–water partition coefficient (Wildman–Crippen LogP) is 2.79. The first-order valence-corrected chi connectivity index (χ1v) is 11.0. The Bertz CT molecular complexity index is 1070. The second-order valence-electron chi connectivity index (χ2n) is 7.67. The van der Waals surface area contributed by atoms with E-state index in [-0.39, 0.29) is 29.9 Å². The molecular formula is C22H21N3O6S. The van der Waals surface area contributed by atoms with E-state index in [0.29, 0.717) is 17.7 Å². The fraction of sp³-hybridized carbons (Fsp3) is 0.318. The summed E-state index contributed by atoms with van der Waals surface area (Å²) in [4.78, 5) is 42.1. The average molecular weight is 455 g/mol. The minimum Gasteiger partial charge on any atom is -0.456 e. The number of carbonyl (C=O) groups excluding carboxylic acids is 2. The van der Waals surface area contributed by atoms with Gasteiger partial charge in [-0.1, -0.05) is 6.07 Å². The molecule has 1 aromatic heterocycles. The number of aliphatic hydroxyl groups is 1. The summed E-state index contributed by atoms with van der Waals surface area (Å²) in [7, 11) is 0. The molecule has 1 N–H and O–H groups in total. The van der Waals surface area contributed by atoms with Crippen LogP contribution in [0.25, 0.3) is 0 Å². The number of non-ortho nitro benzene ring substituents is 1. The number of carbonyl (C=O) groups is 2. The van der Waals surface area contributed by atoms with Gasteiger partial charge >= 0.3 is 5.97 Å². The molecule has 3 atom stereocenters. The standard InChI is InChI=1S/C22H21N3O6S/c1-13(26)19-17-9-18(32-12-15-3-2-8-23-10-15)20(24(17)21(19)27)22(28)31-11-14-4-6-16(7-5-14)25(29)30/h2-8,10,13,17,19,26H,9,11-12H2,1H3. The predicted molar refractivity (Wildman–Crippen MR) is 116 cm³/mol. The van der Waals surface area contributed by atoms with Crippen LogP contribution in [0.2, 0.25) is 0 Å². The number of amides is 1. The van der Waals surface area contributed by atoms with Crippen molar-refractivity contribution in [2.45, 2.75) is 37.9 Å². The molecule has 1 saturated heterocycles. The SMILES string of the molecule is CC(O)C1C(=O)N2C(C(=O)OCc3ccc([N+](=O)[O-])cc3)=C(SCc3cccnc3)CC12. The summed E-state index contributed by atoms with van der Waals surface area (Å²) in [6, 6.07) is 9.23. The molecule has 9 nitrogen and oxygen atoms in total. The van der Waals surface area contributed by atoms with Gasteiger partial charge in [-0.25, -0.2) is 4.79 Å². The Labute approximate surface area is 188 Å². The molecule has 0 spiro atoms. The number of nitro benzene ring substituents is 1. The molecule has 3 heterocycles. The summed E-state index contributed by atoms with van der Waals surface area (Å²) in [5.74, 6) is -0.874. The Morgan fingerprint density at radius 1 is 1.34 bits per heavy atom. The molecular weight excluding hydrogens is 434 g/mol. The van der Waals surface area contributed by atoms with Crippen LogP contribution in [0.4, 0.5) is 5.69 Å². The van der Waals surface area contributed by atoms with E-state index in [4.69, 9.17) is 4.74 Å². The van der Waals surface area contributed by atoms with Crippen molar-refractivity contribution in [2.24, 2.45) is 5.92 Å². The van der Waals surface area contributed by atoms with E-state index in [1.54, 1.807) is 19.3 Å². The number of β-lactam (4-membered cyclic amide) rings is 1. The number of aliphatic hydroxyl groups excluding tert-OH is 1. The van der Waals surface area contributed by atoms with Crippen LogP contribution in [0.5, 0.6) is 0 Å². The fourth-order valence-electron chi connectivity index (χ4n) is 3.93. The van der Waals surface area contributed by atoms with Crippen molar-refractivity contribution in [2.75, 3.05) is 0 Å². The maximum Gasteiger partial charge on any atom is 0.356 e. The monoisotopic (exact) mass is 455 g/mol. The van der Waals surface area contributed by atoms with Crippen LogP contribution >= 0.6 is 11.8 Å². The van der Waals surface area contributed by atoms with Gasteiger partial charge < -0.3 is 14.7 Å². The molecule has 1 amide bonds. The largest absolute Gasteiger partial charge is 0.456 e. The van der Waals surface area contributed by atoms with Crippen molar-refractivity contribution in [3.63, 3.8) is 0 Å². The number of thioether (sulfide) groups is 1. The summed E-state index contributed by atoms with van der Waals surface area (Å²) in [5.41, 5.74) is 1.75. The smallest absolute Gasteiger partial charge is 0.356 e. The number of rotatable bonds is 8. The number of esters is 1. The Balaban J connectivity index is 1.50. The molecule has 10 heteroatoms. The van der Waals surface area contributed by atoms with Crippen molar-refractivity contribution in [1.29, 1.82) is 0 Å². The average Bonchev–Trinajstić information content (AvgIpc) is 3.10. The lowest BCUT2D eigenvalue weighted by atomic mass is 9.83. The highest BCUT2D eigenvalue weighted by molar-refractivity contribution is 8.02. The number of hydrogen-bond donors (Lipinski definition) is 1. The van der Waals surface area contributed by atoms with Crippen molar-refractivity contribution in [1.82, 2.24) is 9.88 Å². The van der Waals surface area contributed by atoms with Gasteiger partial charge in [0.1, 0.15) is 12.3 Å². The van der Waals surface area contributed by atoms with Crippen LogP contribution < -0.4 is 0 Å². The van der Waals surface area contributed by atoms with E-state index in [1.807, 2.05) is 12.1 Å². The highest BCUT2D eigenvalue weighted by Gasteiger charge is 2.57. The van der Waals surface area contributed by atoms with Gasteiger partial charge in [0.05, 0.1) is 23.0 Å². The zero-order valence-electron chi connectivity index (χ0n) is 17.2. The van der Waals surface area contributed by atoms with E-state index in [1.165, 1.54) is 40.9 Å². The lowest BCUT2D eigenvalue weighted by Crippen LogP contribution is -2.61. The van der Waals surface area contributed by atoms with Crippen molar-refractivity contribution in [3.05, 3.63) is 80.6 Å². The van der Waals surface area contributed by atoms with Crippen LogP contribution in [0.3, 0.4) is 0 Å². The first-order valence-electron chi connectivity index (χ1n) is 10.0. The minimum absolute atomic E-state index is 0.0501. The summed E-state index contributed by atoms with van der Waals surface area (Å²) in [6.45, 7) is 1.50. The van der Waals surface area contributed by atoms with Crippen LogP contribution in [0, 0.1) is 16.0 Å². The van der Waals surface area contributed by atoms with Crippen molar-refractivity contribution < 1.29 is 24.4 Å². The maximum absolute atomic E-state index is 13.0. The third-order valence-electron chi connectivity index (χ3n) is 5.53. The van der Waals surface area contributed by atoms with Crippen LogP contribution in [-0.4, -0.2) is 43.9 Å². The number of nitrogens with zero attached hydrogens (tertiary/aromatic N) is 3. The first kappa shape index (κ1) is 22.0. The highest BCUT2D eigenvalue weighted by Crippen LogP contribution is 2.47. The summed E-state index contributed by atoms with van der Waals surface area (Å²) >= 11 is 1.45. The molecule has 1 aromatic carbocycles. The third-order valence-corrected chi connectivity index (χ3v) is 6.72. The van der Waals surface area contributed by atoms with Crippen molar-refractivity contribution in [3.8, 4) is 0 Å². The molecule has 0 radical (unpaired) electrons. The van der Waals surface area contributed by atoms with Gasteiger partial charge in [-0.3, -0.25) is 19.9 Å². The third kappa shape index (κ3) is 4.23. The second-order valence-corrected chi connectivity index (χ2v) is 8.74. The Morgan fingerprint density at radius 3 is 2.72 bits per heavy atom. The van der Waals surface area contributed by atoms with Gasteiger partial charge in [0, 0.05) is 41.6 Å². The summed E-state index contributed by atoms with van der Waals surface area (Å²) in [6.07, 6.45) is 3.10. The van der Waals surface area contributed by atoms with Gasteiger partial charge in [0.2, 0.25) is 5.91 Å². The highest BCUT2D eigenvalue weighted by atomic mass is 32.2. The number of fused-ring (bicyclic) bond motifs is 1. The van der Waals surface area contributed by atoms with Crippen LogP contribution in [-0.2, 0) is 26.7 Å². The van der Waals surface area contributed by atoms with Gasteiger partial charge in [-0.15, -0.1) is 11.8 Å². The summed E-state index contributed by atoms with van der Waals surface area (Å²) < 4.78 is 5.44. The van der Waals surface area contributed by atoms with Crippen molar-refractivity contribution >= 4 is 29.3 Å². The van der Waals surface area contributed by atoms with E-state index in [9.17, 15) is 24.8 Å². The Morgan fingerprint density at radius 2 is 2.09 bits per heavy atom. The molecule has 2 aliphatic rings. The Kier molecular flexibility index (Phi) is 6.24. The number of pyridine rings is 1. The van der Waals surface area contributed by atoms with E-state index < -0.39 is 22.9 Å². The molecule has 166 valence electrons. The zero-order valence-corrected chi connectivity index (χ0v) is 18.0. The molecule has 0 aliphatic carbocycles. The zero-order chi connectivity index (χ0) is 22.8. The lowest BCUT2D eigenvalue weighted by molar-refractivity contribution is -0.384. The summed E-state index contributed by atoms with van der Waals surface area (Å²) in [5, 5.41) is 20.8. The molecule has 2 aromatic rings. The molecule has 2 aliphatic heterocycles. The molecule has 0 bridgehead atoms. The van der Waals surface area contributed by atoms with E-state index in [0.717, 1.165) is 10.5 Å². The number of benzene rings is 1. The number of ether oxygens (including phenoxy) is 1. The lowest BCUT2D eigenvalue weighted by Gasteiger charge is -2.44.